The number of anilines is 2. The standard InChI is InChI=1S/C8H10N2O2S/c9-7-1-5-3-13(11,12)4-6(5)2-8(7)10/h1-2H,3-4,9-10H2. The average Bonchev–Trinajstić information content (AvgIpc) is 2.24. The molecule has 0 atom stereocenters. The van der Waals surface area contributed by atoms with Gasteiger partial charge >= 0.3 is 0 Å². The van der Waals surface area contributed by atoms with Crippen LogP contribution in [0.1, 0.15) is 11.1 Å². The Balaban J connectivity index is 2.60. The van der Waals surface area contributed by atoms with E-state index in [1.54, 1.807) is 12.1 Å². The molecule has 4 nitrogen and oxygen atoms in total. The molecule has 0 spiro atoms. The van der Waals surface area contributed by atoms with Gasteiger partial charge in [-0.2, -0.15) is 0 Å². The topological polar surface area (TPSA) is 86.2 Å². The summed E-state index contributed by atoms with van der Waals surface area (Å²) in [5.41, 5.74) is 13.6. The van der Waals surface area contributed by atoms with Crippen molar-refractivity contribution in [3.63, 3.8) is 0 Å². The summed E-state index contributed by atoms with van der Waals surface area (Å²) in [7, 11) is -2.95. The van der Waals surface area contributed by atoms with Gasteiger partial charge in [0.05, 0.1) is 22.9 Å². The van der Waals surface area contributed by atoms with Crippen LogP contribution < -0.4 is 11.5 Å². The van der Waals surface area contributed by atoms with Crippen LogP contribution in [-0.4, -0.2) is 8.42 Å². The van der Waals surface area contributed by atoms with E-state index in [0.29, 0.717) is 11.4 Å². The van der Waals surface area contributed by atoms with Crippen molar-refractivity contribution in [3.05, 3.63) is 23.3 Å². The number of benzene rings is 1. The van der Waals surface area contributed by atoms with E-state index in [4.69, 9.17) is 11.5 Å². The molecule has 0 fully saturated rings. The molecule has 5 heteroatoms. The molecule has 1 aliphatic rings. The Kier molecular flexibility index (Phi) is 1.53. The molecule has 4 N–H and O–H groups in total. The zero-order valence-corrected chi connectivity index (χ0v) is 7.76. The van der Waals surface area contributed by atoms with Crippen LogP contribution in [0.25, 0.3) is 0 Å². The lowest BCUT2D eigenvalue weighted by atomic mass is 10.1. The van der Waals surface area contributed by atoms with Crippen molar-refractivity contribution in [2.45, 2.75) is 11.5 Å². The van der Waals surface area contributed by atoms with E-state index in [-0.39, 0.29) is 11.5 Å². The average molecular weight is 198 g/mol. The molecule has 0 amide bonds. The quantitative estimate of drug-likeness (QED) is 0.586. The first-order chi connectivity index (χ1) is 5.98. The first kappa shape index (κ1) is 8.37. The van der Waals surface area contributed by atoms with Gasteiger partial charge in [-0.1, -0.05) is 0 Å². The molecule has 1 aromatic rings. The number of fused-ring (bicyclic) bond motifs is 1. The van der Waals surface area contributed by atoms with Crippen molar-refractivity contribution in [1.82, 2.24) is 0 Å². The highest BCUT2D eigenvalue weighted by Crippen LogP contribution is 2.30. The molecule has 0 aliphatic carbocycles. The Morgan fingerprint density at radius 1 is 1.00 bits per heavy atom. The first-order valence-corrected chi connectivity index (χ1v) is 5.67. The van der Waals surface area contributed by atoms with Crippen molar-refractivity contribution in [2.24, 2.45) is 0 Å². The van der Waals surface area contributed by atoms with E-state index >= 15 is 0 Å². The maximum atomic E-state index is 11.2. The summed E-state index contributed by atoms with van der Waals surface area (Å²) < 4.78 is 22.5. The van der Waals surface area contributed by atoms with Crippen LogP contribution in [-0.2, 0) is 21.3 Å². The van der Waals surface area contributed by atoms with Gasteiger partial charge in [-0.3, -0.25) is 0 Å². The van der Waals surface area contributed by atoms with E-state index in [1.165, 1.54) is 0 Å². The summed E-state index contributed by atoms with van der Waals surface area (Å²) in [5, 5.41) is 0. The van der Waals surface area contributed by atoms with E-state index in [1.807, 2.05) is 0 Å². The molecule has 0 aromatic heterocycles. The highest BCUT2D eigenvalue weighted by Gasteiger charge is 2.25. The predicted octanol–water partition coefficient (Wildman–Crippen LogP) is 0.279. The van der Waals surface area contributed by atoms with Crippen LogP contribution in [0, 0.1) is 0 Å². The Morgan fingerprint density at radius 3 is 1.77 bits per heavy atom. The number of sulfone groups is 1. The third kappa shape index (κ3) is 1.35. The Labute approximate surface area is 76.5 Å². The summed E-state index contributed by atoms with van der Waals surface area (Å²) >= 11 is 0. The minimum absolute atomic E-state index is 0.0901. The van der Waals surface area contributed by atoms with E-state index in [9.17, 15) is 8.42 Å². The SMILES string of the molecule is Nc1cc2c(cc1N)CS(=O)(=O)C2. The minimum atomic E-state index is -2.95. The predicted molar refractivity (Wildman–Crippen MR) is 51.6 cm³/mol. The number of rotatable bonds is 0. The Morgan fingerprint density at radius 2 is 1.38 bits per heavy atom. The molecule has 0 saturated carbocycles. The van der Waals surface area contributed by atoms with Crippen molar-refractivity contribution in [2.75, 3.05) is 11.5 Å². The van der Waals surface area contributed by atoms with Gasteiger partial charge in [0, 0.05) is 0 Å². The smallest absolute Gasteiger partial charge is 0.158 e. The molecule has 13 heavy (non-hydrogen) atoms. The van der Waals surface area contributed by atoms with E-state index < -0.39 is 9.84 Å². The third-order valence-electron chi connectivity index (χ3n) is 2.16. The molecular formula is C8H10N2O2S. The summed E-state index contributed by atoms with van der Waals surface area (Å²) in [6.07, 6.45) is 0. The van der Waals surface area contributed by atoms with Crippen LogP contribution in [0.2, 0.25) is 0 Å². The number of hydrogen-bond donors (Lipinski definition) is 2. The zero-order chi connectivity index (χ0) is 9.64. The summed E-state index contributed by atoms with van der Waals surface area (Å²) in [4.78, 5) is 0. The maximum Gasteiger partial charge on any atom is 0.158 e. The highest BCUT2D eigenvalue weighted by molar-refractivity contribution is 7.90. The normalized spacial score (nSPS) is 18.5. The first-order valence-electron chi connectivity index (χ1n) is 3.85. The van der Waals surface area contributed by atoms with E-state index in [0.717, 1.165) is 11.1 Å². The lowest BCUT2D eigenvalue weighted by Crippen LogP contribution is -1.96. The summed E-state index contributed by atoms with van der Waals surface area (Å²) in [6, 6.07) is 3.30. The molecule has 1 aliphatic heterocycles. The number of nitrogens with two attached hydrogens (primary N) is 2. The third-order valence-corrected chi connectivity index (χ3v) is 3.66. The fourth-order valence-electron chi connectivity index (χ4n) is 1.52. The maximum absolute atomic E-state index is 11.2. The van der Waals surface area contributed by atoms with Crippen molar-refractivity contribution < 1.29 is 8.42 Å². The summed E-state index contributed by atoms with van der Waals surface area (Å²) in [5.74, 6) is 0.180. The number of hydrogen-bond acceptors (Lipinski definition) is 4. The summed E-state index contributed by atoms with van der Waals surface area (Å²) in [6.45, 7) is 0. The molecule has 70 valence electrons. The Bertz CT molecular complexity index is 428. The van der Waals surface area contributed by atoms with Crippen LogP contribution in [0.15, 0.2) is 12.1 Å². The molecule has 0 saturated heterocycles. The lowest BCUT2D eigenvalue weighted by molar-refractivity contribution is 0.598. The molecule has 0 bridgehead atoms. The largest absolute Gasteiger partial charge is 0.397 e. The number of nitrogen functional groups attached to an aromatic ring is 2. The van der Waals surface area contributed by atoms with Gasteiger partial charge < -0.3 is 11.5 Å². The van der Waals surface area contributed by atoms with Gasteiger partial charge in [-0.15, -0.1) is 0 Å². The van der Waals surface area contributed by atoms with Crippen molar-refractivity contribution in [3.8, 4) is 0 Å². The van der Waals surface area contributed by atoms with Crippen LogP contribution in [0.4, 0.5) is 11.4 Å². The van der Waals surface area contributed by atoms with Crippen LogP contribution in [0.5, 0.6) is 0 Å². The van der Waals surface area contributed by atoms with Gasteiger partial charge in [0.25, 0.3) is 0 Å². The molecule has 1 heterocycles. The second-order valence-corrected chi connectivity index (χ2v) is 5.35. The van der Waals surface area contributed by atoms with Crippen LogP contribution >= 0.6 is 0 Å². The minimum Gasteiger partial charge on any atom is -0.397 e. The van der Waals surface area contributed by atoms with Gasteiger partial charge in [0.1, 0.15) is 0 Å². The second-order valence-electron chi connectivity index (χ2n) is 3.28. The molecule has 0 unspecified atom stereocenters. The van der Waals surface area contributed by atoms with Crippen LogP contribution in [0.3, 0.4) is 0 Å². The molecule has 2 rings (SSSR count). The molecule has 0 radical (unpaired) electrons. The Hall–Kier alpha value is -1.23. The van der Waals surface area contributed by atoms with Crippen molar-refractivity contribution >= 4 is 21.2 Å². The molecule has 1 aromatic carbocycles. The van der Waals surface area contributed by atoms with Gasteiger partial charge in [-0.25, -0.2) is 8.42 Å². The second kappa shape index (κ2) is 2.38. The highest BCUT2D eigenvalue weighted by atomic mass is 32.2. The lowest BCUT2D eigenvalue weighted by Gasteiger charge is -2.02. The monoisotopic (exact) mass is 198 g/mol. The van der Waals surface area contributed by atoms with E-state index in [2.05, 4.69) is 0 Å². The fourth-order valence-corrected chi connectivity index (χ4v) is 3.11. The zero-order valence-electron chi connectivity index (χ0n) is 6.95. The fraction of sp³-hybridized carbons (Fsp3) is 0.250. The molecular weight excluding hydrogens is 188 g/mol. The van der Waals surface area contributed by atoms with Gasteiger partial charge in [0.15, 0.2) is 9.84 Å². The van der Waals surface area contributed by atoms with Gasteiger partial charge in [0.2, 0.25) is 0 Å². The van der Waals surface area contributed by atoms with Gasteiger partial charge in [-0.05, 0) is 23.3 Å². The van der Waals surface area contributed by atoms with Crippen molar-refractivity contribution in [1.29, 1.82) is 0 Å².